The molecule has 204 valence electrons. The number of para-hydroxylation sites is 2. The number of aryl methyl sites for hydroxylation is 3. The van der Waals surface area contributed by atoms with Gasteiger partial charge in [0.25, 0.3) is 5.91 Å². The summed E-state index contributed by atoms with van der Waals surface area (Å²) < 4.78 is 7.50. The number of carbonyl (C=O) groups excluding carboxylic acids is 2. The molecule has 3 aromatic rings. The fourth-order valence-corrected chi connectivity index (χ4v) is 6.32. The number of piperidine rings is 1. The standard InChI is InChI=1S/C28H38N6O3S/c1-19(2)17-34(22-14-21(15-29-16-22)27(35)32-10-12-37-13-11-32)28(36)26-31-23-6-4-5-7-24(23)33(26)9-8-25-20(3)30-18-38-25/h4-7,18-19,21-22,29H,8-17H2,1-3H3/t21-,22+/m1/s1. The van der Waals surface area contributed by atoms with E-state index in [-0.39, 0.29) is 29.7 Å². The molecule has 38 heavy (non-hydrogen) atoms. The molecular weight excluding hydrogens is 500 g/mol. The molecule has 2 aliphatic rings. The van der Waals surface area contributed by atoms with Crippen LogP contribution in [0.5, 0.6) is 0 Å². The number of benzene rings is 1. The van der Waals surface area contributed by atoms with Crippen LogP contribution in [0.15, 0.2) is 29.8 Å². The van der Waals surface area contributed by atoms with Gasteiger partial charge in [0.15, 0.2) is 5.82 Å². The summed E-state index contributed by atoms with van der Waals surface area (Å²) in [7, 11) is 0. The van der Waals surface area contributed by atoms with E-state index < -0.39 is 0 Å². The maximum absolute atomic E-state index is 14.3. The molecule has 1 N–H and O–H groups in total. The minimum Gasteiger partial charge on any atom is -0.378 e. The third kappa shape index (κ3) is 5.77. The summed E-state index contributed by atoms with van der Waals surface area (Å²) in [6.45, 7) is 11.3. The second-order valence-corrected chi connectivity index (χ2v) is 11.7. The predicted octanol–water partition coefficient (Wildman–Crippen LogP) is 2.98. The Kier molecular flexibility index (Phi) is 8.40. The van der Waals surface area contributed by atoms with Gasteiger partial charge >= 0.3 is 0 Å². The molecule has 4 heterocycles. The number of rotatable bonds is 8. The summed E-state index contributed by atoms with van der Waals surface area (Å²) in [4.78, 5) is 41.9. The van der Waals surface area contributed by atoms with Crippen molar-refractivity contribution in [2.75, 3.05) is 45.9 Å². The lowest BCUT2D eigenvalue weighted by atomic mass is 9.92. The Hall–Kier alpha value is -2.82. The van der Waals surface area contributed by atoms with Gasteiger partial charge in [0.2, 0.25) is 5.91 Å². The van der Waals surface area contributed by atoms with Crippen molar-refractivity contribution < 1.29 is 14.3 Å². The van der Waals surface area contributed by atoms with Gasteiger partial charge in [0.1, 0.15) is 0 Å². The summed E-state index contributed by atoms with van der Waals surface area (Å²) in [6, 6.07) is 7.87. The molecule has 2 atom stereocenters. The van der Waals surface area contributed by atoms with Crippen LogP contribution in [0.3, 0.4) is 0 Å². The van der Waals surface area contributed by atoms with Gasteiger partial charge < -0.3 is 24.4 Å². The highest BCUT2D eigenvalue weighted by molar-refractivity contribution is 7.09. The Labute approximate surface area is 228 Å². The quantitative estimate of drug-likeness (QED) is 0.474. The summed E-state index contributed by atoms with van der Waals surface area (Å²) in [5.74, 6) is 0.696. The number of nitrogens with one attached hydrogen (secondary N) is 1. The number of morpholine rings is 1. The summed E-state index contributed by atoms with van der Waals surface area (Å²) >= 11 is 1.65. The third-order valence-corrected chi connectivity index (χ3v) is 8.51. The smallest absolute Gasteiger partial charge is 0.290 e. The molecule has 0 spiro atoms. The summed E-state index contributed by atoms with van der Waals surface area (Å²) in [5, 5.41) is 3.45. The first-order valence-electron chi connectivity index (χ1n) is 13.6. The number of aromatic nitrogens is 3. The van der Waals surface area contributed by atoms with Crippen LogP contribution in [0, 0.1) is 18.8 Å². The fraction of sp³-hybridized carbons (Fsp3) is 0.571. The first-order chi connectivity index (χ1) is 18.4. The molecular formula is C28H38N6O3S. The molecule has 5 rings (SSSR count). The lowest BCUT2D eigenvalue weighted by Crippen LogP contribution is -2.56. The second-order valence-electron chi connectivity index (χ2n) is 10.7. The van der Waals surface area contributed by atoms with E-state index in [0.717, 1.165) is 23.1 Å². The molecule has 9 nitrogen and oxygen atoms in total. The maximum Gasteiger partial charge on any atom is 0.290 e. The number of hydrogen-bond acceptors (Lipinski definition) is 7. The molecule has 1 aromatic carbocycles. The number of carbonyl (C=O) groups is 2. The highest BCUT2D eigenvalue weighted by atomic mass is 32.1. The van der Waals surface area contributed by atoms with Crippen LogP contribution in [0.2, 0.25) is 0 Å². The Morgan fingerprint density at radius 1 is 1.21 bits per heavy atom. The molecule has 2 aromatic heterocycles. The average Bonchev–Trinajstić information content (AvgIpc) is 3.53. The molecule has 2 aliphatic heterocycles. The number of fused-ring (bicyclic) bond motifs is 1. The Morgan fingerprint density at radius 3 is 2.74 bits per heavy atom. The highest BCUT2D eigenvalue weighted by Crippen LogP contribution is 2.25. The van der Waals surface area contributed by atoms with Crippen LogP contribution >= 0.6 is 11.3 Å². The second kappa shape index (κ2) is 11.9. The molecule has 0 saturated carbocycles. The summed E-state index contributed by atoms with van der Waals surface area (Å²) in [5.41, 5.74) is 4.70. The van der Waals surface area contributed by atoms with E-state index >= 15 is 0 Å². The number of hydrogen-bond donors (Lipinski definition) is 1. The highest BCUT2D eigenvalue weighted by Gasteiger charge is 2.36. The van der Waals surface area contributed by atoms with Crippen molar-refractivity contribution in [1.82, 2.24) is 29.7 Å². The van der Waals surface area contributed by atoms with Crippen molar-refractivity contribution in [1.29, 1.82) is 0 Å². The van der Waals surface area contributed by atoms with Crippen molar-refractivity contribution in [2.45, 2.75) is 46.2 Å². The van der Waals surface area contributed by atoms with Gasteiger partial charge in [0.05, 0.1) is 41.4 Å². The van der Waals surface area contributed by atoms with Gasteiger partial charge in [-0.2, -0.15) is 0 Å². The van der Waals surface area contributed by atoms with Crippen LogP contribution in [0.4, 0.5) is 0 Å². The molecule has 0 radical (unpaired) electrons. The van der Waals surface area contributed by atoms with Crippen LogP contribution in [0.25, 0.3) is 11.0 Å². The molecule has 0 unspecified atom stereocenters. The Bertz CT molecular complexity index is 1260. The maximum atomic E-state index is 14.3. The lowest BCUT2D eigenvalue weighted by Gasteiger charge is -2.40. The molecule has 2 saturated heterocycles. The van der Waals surface area contributed by atoms with Gasteiger partial charge in [0, 0.05) is 56.6 Å². The van der Waals surface area contributed by atoms with Gasteiger partial charge in [-0.1, -0.05) is 26.0 Å². The van der Waals surface area contributed by atoms with E-state index in [4.69, 9.17) is 9.72 Å². The SMILES string of the molecule is Cc1ncsc1CCn1c(C(=O)N(CC(C)C)[C@@H]2CNC[C@H](C(=O)N3CCOCC3)C2)nc2ccccc21. The zero-order valence-electron chi connectivity index (χ0n) is 22.6. The molecule has 0 aliphatic carbocycles. The predicted molar refractivity (Wildman–Crippen MR) is 148 cm³/mol. The van der Waals surface area contributed by atoms with Crippen molar-refractivity contribution >= 4 is 34.2 Å². The van der Waals surface area contributed by atoms with Crippen molar-refractivity contribution in [3.63, 3.8) is 0 Å². The van der Waals surface area contributed by atoms with E-state index in [0.29, 0.717) is 64.7 Å². The average molecular weight is 539 g/mol. The largest absolute Gasteiger partial charge is 0.378 e. The van der Waals surface area contributed by atoms with E-state index in [1.54, 1.807) is 11.3 Å². The zero-order chi connectivity index (χ0) is 26.6. The minimum absolute atomic E-state index is 0.0674. The number of imidazole rings is 1. The van der Waals surface area contributed by atoms with E-state index in [1.165, 1.54) is 4.88 Å². The van der Waals surface area contributed by atoms with E-state index in [9.17, 15) is 9.59 Å². The summed E-state index contributed by atoms with van der Waals surface area (Å²) in [6.07, 6.45) is 1.45. The van der Waals surface area contributed by atoms with Crippen molar-refractivity contribution in [2.24, 2.45) is 11.8 Å². The third-order valence-electron chi connectivity index (χ3n) is 7.52. The van der Waals surface area contributed by atoms with E-state index in [1.807, 2.05) is 46.5 Å². The number of amides is 2. The van der Waals surface area contributed by atoms with Crippen LogP contribution < -0.4 is 5.32 Å². The topological polar surface area (TPSA) is 92.6 Å². The number of thiazole rings is 1. The first-order valence-corrected chi connectivity index (χ1v) is 14.5. The number of nitrogens with zero attached hydrogens (tertiary/aromatic N) is 5. The number of ether oxygens (including phenoxy) is 1. The van der Waals surface area contributed by atoms with Gasteiger partial charge in [-0.15, -0.1) is 11.3 Å². The van der Waals surface area contributed by atoms with Crippen molar-refractivity contribution in [3.8, 4) is 0 Å². The van der Waals surface area contributed by atoms with Crippen molar-refractivity contribution in [3.05, 3.63) is 46.2 Å². The molecule has 0 bridgehead atoms. The minimum atomic E-state index is -0.151. The molecule has 10 heteroatoms. The van der Waals surface area contributed by atoms with Gasteiger partial charge in [-0.25, -0.2) is 9.97 Å². The van der Waals surface area contributed by atoms with E-state index in [2.05, 4.69) is 28.7 Å². The lowest BCUT2D eigenvalue weighted by molar-refractivity contribution is -0.140. The Morgan fingerprint density at radius 2 is 2.00 bits per heavy atom. The first kappa shape index (κ1) is 26.8. The van der Waals surface area contributed by atoms with Crippen LogP contribution in [0.1, 0.15) is 41.5 Å². The normalized spacial score (nSPS) is 20.3. The van der Waals surface area contributed by atoms with Crippen LogP contribution in [-0.2, 0) is 22.5 Å². The fourth-order valence-electron chi connectivity index (χ4n) is 5.55. The zero-order valence-corrected chi connectivity index (χ0v) is 23.4. The molecule has 2 amide bonds. The monoisotopic (exact) mass is 538 g/mol. The van der Waals surface area contributed by atoms with Crippen LogP contribution in [-0.4, -0.2) is 88.1 Å². The van der Waals surface area contributed by atoms with Gasteiger partial charge in [-0.05, 0) is 31.4 Å². The molecule has 2 fully saturated rings. The van der Waals surface area contributed by atoms with Gasteiger partial charge in [-0.3, -0.25) is 9.59 Å². The Balaban J connectivity index is 1.41.